The van der Waals surface area contributed by atoms with E-state index in [2.05, 4.69) is 31.3 Å². The summed E-state index contributed by atoms with van der Waals surface area (Å²) in [6, 6.07) is 9.50. The first-order valence-corrected chi connectivity index (χ1v) is 7.21. The number of fused-ring (bicyclic) bond motifs is 1. The maximum absolute atomic E-state index is 12.4. The van der Waals surface area contributed by atoms with E-state index < -0.39 is 0 Å². The van der Waals surface area contributed by atoms with Crippen molar-refractivity contribution in [3.63, 3.8) is 0 Å². The molecule has 1 N–H and O–H groups in total. The standard InChI is InChI=1S/C15H13BrN4O/c1-9-12(16)14(19-20(9)2)15(21)18-11-7-3-5-10-6-4-8-17-13(10)11/h3-8H,1-2H3,(H,18,21). The molecule has 6 heteroatoms. The summed E-state index contributed by atoms with van der Waals surface area (Å²) in [5, 5.41) is 8.08. The summed E-state index contributed by atoms with van der Waals surface area (Å²) in [5.41, 5.74) is 2.70. The summed E-state index contributed by atoms with van der Waals surface area (Å²) in [6.07, 6.45) is 1.71. The van der Waals surface area contributed by atoms with Gasteiger partial charge in [0.1, 0.15) is 0 Å². The van der Waals surface area contributed by atoms with E-state index in [1.54, 1.807) is 17.9 Å². The summed E-state index contributed by atoms with van der Waals surface area (Å²) in [7, 11) is 1.80. The van der Waals surface area contributed by atoms with E-state index in [4.69, 9.17) is 0 Å². The first-order chi connectivity index (χ1) is 10.1. The lowest BCUT2D eigenvalue weighted by molar-refractivity contribution is 0.102. The predicted octanol–water partition coefficient (Wildman–Crippen LogP) is 3.29. The van der Waals surface area contributed by atoms with Gasteiger partial charge >= 0.3 is 0 Å². The number of pyridine rings is 1. The minimum absolute atomic E-state index is 0.260. The van der Waals surface area contributed by atoms with Gasteiger partial charge in [-0.25, -0.2) is 0 Å². The van der Waals surface area contributed by atoms with Gasteiger partial charge in [0.25, 0.3) is 5.91 Å². The molecule has 0 saturated heterocycles. The third kappa shape index (κ3) is 2.42. The van der Waals surface area contributed by atoms with E-state index in [0.717, 1.165) is 16.6 Å². The molecule has 0 saturated carbocycles. The fourth-order valence-corrected chi connectivity index (χ4v) is 2.63. The van der Waals surface area contributed by atoms with Gasteiger partial charge in [0.2, 0.25) is 0 Å². The number of benzene rings is 1. The average Bonchev–Trinajstić information content (AvgIpc) is 2.75. The van der Waals surface area contributed by atoms with E-state index in [1.807, 2.05) is 37.3 Å². The van der Waals surface area contributed by atoms with Gasteiger partial charge in [-0.15, -0.1) is 0 Å². The Bertz CT molecular complexity index is 836. The van der Waals surface area contributed by atoms with E-state index in [9.17, 15) is 4.79 Å². The molecule has 0 aliphatic rings. The van der Waals surface area contributed by atoms with E-state index >= 15 is 0 Å². The molecule has 1 aromatic carbocycles. The highest BCUT2D eigenvalue weighted by atomic mass is 79.9. The second-order valence-corrected chi connectivity index (χ2v) is 5.50. The quantitative estimate of drug-likeness (QED) is 0.775. The minimum Gasteiger partial charge on any atom is -0.319 e. The summed E-state index contributed by atoms with van der Waals surface area (Å²) in [4.78, 5) is 16.7. The predicted molar refractivity (Wildman–Crippen MR) is 85.3 cm³/mol. The average molecular weight is 345 g/mol. The third-order valence-corrected chi connectivity index (χ3v) is 4.31. The van der Waals surface area contributed by atoms with Crippen LogP contribution in [-0.4, -0.2) is 20.7 Å². The minimum atomic E-state index is -0.260. The van der Waals surface area contributed by atoms with Gasteiger partial charge in [-0.05, 0) is 35.0 Å². The molecule has 0 spiro atoms. The molecule has 106 valence electrons. The first kappa shape index (κ1) is 13.8. The highest BCUT2D eigenvalue weighted by Crippen LogP contribution is 2.24. The third-order valence-electron chi connectivity index (χ3n) is 3.36. The van der Waals surface area contributed by atoms with Crippen LogP contribution in [-0.2, 0) is 7.05 Å². The molecular formula is C15H13BrN4O. The van der Waals surface area contributed by atoms with Gasteiger partial charge in [-0.3, -0.25) is 14.5 Å². The molecule has 0 radical (unpaired) electrons. The van der Waals surface area contributed by atoms with Crippen LogP contribution in [0, 0.1) is 6.92 Å². The van der Waals surface area contributed by atoms with E-state index in [0.29, 0.717) is 15.9 Å². The van der Waals surface area contributed by atoms with Gasteiger partial charge in [0.15, 0.2) is 5.69 Å². The normalized spacial score (nSPS) is 10.8. The molecule has 2 aromatic heterocycles. The molecule has 5 nitrogen and oxygen atoms in total. The second-order valence-electron chi connectivity index (χ2n) is 4.71. The number of hydrogen-bond donors (Lipinski definition) is 1. The summed E-state index contributed by atoms with van der Waals surface area (Å²) in [5.74, 6) is -0.260. The topological polar surface area (TPSA) is 59.8 Å². The molecule has 0 unspecified atom stereocenters. The molecule has 0 aliphatic heterocycles. The molecule has 1 amide bonds. The molecule has 0 fully saturated rings. The molecule has 21 heavy (non-hydrogen) atoms. The maximum Gasteiger partial charge on any atom is 0.277 e. The fourth-order valence-electron chi connectivity index (χ4n) is 2.11. The van der Waals surface area contributed by atoms with Crippen LogP contribution in [0.25, 0.3) is 10.9 Å². The van der Waals surface area contributed by atoms with Crippen LogP contribution in [0.5, 0.6) is 0 Å². The zero-order valence-electron chi connectivity index (χ0n) is 11.6. The number of hydrogen-bond acceptors (Lipinski definition) is 3. The van der Waals surface area contributed by atoms with Crippen molar-refractivity contribution in [1.29, 1.82) is 0 Å². The Balaban J connectivity index is 1.98. The summed E-state index contributed by atoms with van der Waals surface area (Å²) < 4.78 is 2.37. The maximum atomic E-state index is 12.4. The first-order valence-electron chi connectivity index (χ1n) is 6.42. The van der Waals surface area contributed by atoms with Gasteiger partial charge in [0.05, 0.1) is 21.4 Å². The Hall–Kier alpha value is -2.21. The number of nitrogens with one attached hydrogen (secondary N) is 1. The molecule has 0 bridgehead atoms. The van der Waals surface area contributed by atoms with Crippen LogP contribution < -0.4 is 5.32 Å². The fraction of sp³-hybridized carbons (Fsp3) is 0.133. The van der Waals surface area contributed by atoms with Crippen molar-refractivity contribution in [3.05, 3.63) is 52.4 Å². The number of halogens is 1. The molecular weight excluding hydrogens is 332 g/mol. The highest BCUT2D eigenvalue weighted by molar-refractivity contribution is 9.10. The number of aromatic nitrogens is 3. The van der Waals surface area contributed by atoms with Gasteiger partial charge in [-0.1, -0.05) is 18.2 Å². The van der Waals surface area contributed by atoms with Crippen LogP contribution in [0.4, 0.5) is 5.69 Å². The number of para-hydroxylation sites is 1. The smallest absolute Gasteiger partial charge is 0.277 e. The Morgan fingerprint density at radius 3 is 2.76 bits per heavy atom. The molecule has 2 heterocycles. The molecule has 3 rings (SSSR count). The lowest BCUT2D eigenvalue weighted by atomic mass is 10.2. The zero-order chi connectivity index (χ0) is 15.0. The van der Waals surface area contributed by atoms with Crippen LogP contribution >= 0.6 is 15.9 Å². The Morgan fingerprint density at radius 2 is 2.05 bits per heavy atom. The lowest BCUT2D eigenvalue weighted by Crippen LogP contribution is -2.14. The number of carbonyl (C=O) groups is 1. The van der Waals surface area contributed by atoms with Crippen molar-refractivity contribution in [2.75, 3.05) is 5.32 Å². The van der Waals surface area contributed by atoms with Gasteiger partial charge < -0.3 is 5.32 Å². The van der Waals surface area contributed by atoms with Crippen molar-refractivity contribution in [1.82, 2.24) is 14.8 Å². The number of aryl methyl sites for hydroxylation is 1. The highest BCUT2D eigenvalue weighted by Gasteiger charge is 2.18. The lowest BCUT2D eigenvalue weighted by Gasteiger charge is -2.06. The largest absolute Gasteiger partial charge is 0.319 e. The van der Waals surface area contributed by atoms with Gasteiger partial charge in [-0.2, -0.15) is 5.10 Å². The Labute approximate surface area is 130 Å². The zero-order valence-corrected chi connectivity index (χ0v) is 13.2. The van der Waals surface area contributed by atoms with Crippen molar-refractivity contribution >= 4 is 38.4 Å². The van der Waals surface area contributed by atoms with Crippen LogP contribution in [0.1, 0.15) is 16.2 Å². The monoisotopic (exact) mass is 344 g/mol. The van der Waals surface area contributed by atoms with E-state index in [-0.39, 0.29) is 5.91 Å². The molecule has 3 aromatic rings. The summed E-state index contributed by atoms with van der Waals surface area (Å²) in [6.45, 7) is 1.90. The number of carbonyl (C=O) groups excluding carboxylic acids is 1. The Morgan fingerprint density at radius 1 is 1.29 bits per heavy atom. The second kappa shape index (κ2) is 5.29. The number of rotatable bonds is 2. The summed E-state index contributed by atoms with van der Waals surface area (Å²) >= 11 is 3.40. The van der Waals surface area contributed by atoms with Crippen molar-refractivity contribution in [2.45, 2.75) is 6.92 Å². The Kier molecular flexibility index (Phi) is 3.47. The van der Waals surface area contributed by atoms with Crippen molar-refractivity contribution in [3.8, 4) is 0 Å². The van der Waals surface area contributed by atoms with Crippen molar-refractivity contribution in [2.24, 2.45) is 7.05 Å². The van der Waals surface area contributed by atoms with Crippen LogP contribution in [0.3, 0.4) is 0 Å². The van der Waals surface area contributed by atoms with Crippen LogP contribution in [0.15, 0.2) is 41.0 Å². The SMILES string of the molecule is Cc1c(Br)c(C(=O)Nc2cccc3cccnc23)nn1C. The molecule has 0 aliphatic carbocycles. The van der Waals surface area contributed by atoms with Gasteiger partial charge in [0, 0.05) is 18.6 Å². The van der Waals surface area contributed by atoms with Crippen LogP contribution in [0.2, 0.25) is 0 Å². The van der Waals surface area contributed by atoms with Crippen molar-refractivity contribution < 1.29 is 4.79 Å². The number of nitrogens with zero attached hydrogens (tertiary/aromatic N) is 3. The number of anilines is 1. The van der Waals surface area contributed by atoms with E-state index in [1.165, 1.54) is 0 Å². The molecule has 0 atom stereocenters. The number of amides is 1.